The van der Waals surface area contributed by atoms with Gasteiger partial charge in [-0.05, 0) is 18.1 Å². The normalized spacial score (nSPS) is 10.7. The predicted molar refractivity (Wildman–Crippen MR) is 64.6 cm³/mol. The first-order valence-electron chi connectivity index (χ1n) is 5.36. The van der Waals surface area contributed by atoms with Crippen molar-refractivity contribution in [2.75, 3.05) is 27.4 Å². The standard InChI is InChI=1S/C13H19NO2/c1-4-6-11-7-5-8-14-13(11)12(9-15-2)10-16-3/h4-5,7-8,12H,1,6,9-10H2,2-3H3. The van der Waals surface area contributed by atoms with Crippen molar-refractivity contribution in [3.8, 4) is 0 Å². The minimum atomic E-state index is 0.186. The monoisotopic (exact) mass is 221 g/mol. The molecule has 1 aromatic heterocycles. The summed E-state index contributed by atoms with van der Waals surface area (Å²) in [5, 5.41) is 0. The fraction of sp³-hybridized carbons (Fsp3) is 0.462. The van der Waals surface area contributed by atoms with Crippen molar-refractivity contribution in [1.82, 2.24) is 4.98 Å². The maximum Gasteiger partial charge on any atom is 0.0568 e. The number of aromatic nitrogens is 1. The van der Waals surface area contributed by atoms with Crippen molar-refractivity contribution in [2.45, 2.75) is 12.3 Å². The Labute approximate surface area is 97.1 Å². The Morgan fingerprint density at radius 3 is 2.62 bits per heavy atom. The van der Waals surface area contributed by atoms with E-state index in [9.17, 15) is 0 Å². The van der Waals surface area contributed by atoms with Gasteiger partial charge in [0.25, 0.3) is 0 Å². The predicted octanol–water partition coefficient (Wildman–Crippen LogP) is 2.19. The third-order valence-electron chi connectivity index (χ3n) is 2.41. The Hall–Kier alpha value is -1.19. The lowest BCUT2D eigenvalue weighted by molar-refractivity contribution is 0.115. The Morgan fingerprint density at radius 1 is 1.38 bits per heavy atom. The van der Waals surface area contributed by atoms with Crippen molar-refractivity contribution < 1.29 is 9.47 Å². The summed E-state index contributed by atoms with van der Waals surface area (Å²) in [6.45, 7) is 5.00. The van der Waals surface area contributed by atoms with Crippen LogP contribution in [0.15, 0.2) is 31.0 Å². The van der Waals surface area contributed by atoms with E-state index in [0.29, 0.717) is 13.2 Å². The fourth-order valence-electron chi connectivity index (χ4n) is 1.75. The molecule has 0 N–H and O–H groups in total. The van der Waals surface area contributed by atoms with Crippen LogP contribution in [0.25, 0.3) is 0 Å². The molecule has 0 aromatic carbocycles. The van der Waals surface area contributed by atoms with Gasteiger partial charge in [-0.15, -0.1) is 6.58 Å². The third-order valence-corrected chi connectivity index (χ3v) is 2.41. The number of pyridine rings is 1. The molecule has 0 aliphatic carbocycles. The number of allylic oxidation sites excluding steroid dienone is 1. The molecule has 1 heterocycles. The van der Waals surface area contributed by atoms with E-state index in [0.717, 1.165) is 12.1 Å². The highest BCUT2D eigenvalue weighted by atomic mass is 16.5. The van der Waals surface area contributed by atoms with E-state index in [1.165, 1.54) is 5.56 Å². The van der Waals surface area contributed by atoms with Crippen LogP contribution in [0, 0.1) is 0 Å². The van der Waals surface area contributed by atoms with Gasteiger partial charge in [0.15, 0.2) is 0 Å². The third kappa shape index (κ3) is 3.43. The maximum absolute atomic E-state index is 5.20. The molecule has 0 aliphatic rings. The van der Waals surface area contributed by atoms with Gasteiger partial charge in [0.2, 0.25) is 0 Å². The number of ether oxygens (including phenoxy) is 2. The van der Waals surface area contributed by atoms with Crippen molar-refractivity contribution in [3.05, 3.63) is 42.2 Å². The summed E-state index contributed by atoms with van der Waals surface area (Å²) >= 11 is 0. The summed E-state index contributed by atoms with van der Waals surface area (Å²) in [4.78, 5) is 4.43. The topological polar surface area (TPSA) is 31.4 Å². The van der Waals surface area contributed by atoms with Crippen LogP contribution in [0.2, 0.25) is 0 Å². The molecular formula is C13H19NO2. The van der Waals surface area contributed by atoms with E-state index in [2.05, 4.69) is 17.6 Å². The molecule has 0 amide bonds. The lowest BCUT2D eigenvalue weighted by Crippen LogP contribution is -2.16. The fourth-order valence-corrected chi connectivity index (χ4v) is 1.75. The second kappa shape index (κ2) is 7.14. The molecule has 0 aliphatic heterocycles. The number of hydrogen-bond acceptors (Lipinski definition) is 3. The van der Waals surface area contributed by atoms with E-state index in [-0.39, 0.29) is 5.92 Å². The van der Waals surface area contributed by atoms with Gasteiger partial charge in [-0.2, -0.15) is 0 Å². The first-order valence-corrected chi connectivity index (χ1v) is 5.36. The molecule has 88 valence electrons. The first-order chi connectivity index (χ1) is 7.83. The molecule has 0 atom stereocenters. The SMILES string of the molecule is C=CCc1cccnc1C(COC)COC. The van der Waals surface area contributed by atoms with Crippen molar-refractivity contribution in [1.29, 1.82) is 0 Å². The van der Waals surface area contributed by atoms with E-state index >= 15 is 0 Å². The van der Waals surface area contributed by atoms with Gasteiger partial charge in [0.05, 0.1) is 18.9 Å². The van der Waals surface area contributed by atoms with Crippen molar-refractivity contribution in [3.63, 3.8) is 0 Å². The van der Waals surface area contributed by atoms with E-state index in [4.69, 9.17) is 9.47 Å². The zero-order valence-electron chi connectivity index (χ0n) is 9.98. The summed E-state index contributed by atoms with van der Waals surface area (Å²) < 4.78 is 10.4. The molecule has 0 bridgehead atoms. The lowest BCUT2D eigenvalue weighted by atomic mass is 9.99. The highest BCUT2D eigenvalue weighted by Gasteiger charge is 2.15. The summed E-state index contributed by atoms with van der Waals surface area (Å²) in [6.07, 6.45) is 4.52. The second-order valence-electron chi connectivity index (χ2n) is 3.65. The maximum atomic E-state index is 5.20. The Kier molecular flexibility index (Phi) is 5.75. The highest BCUT2D eigenvalue weighted by Crippen LogP contribution is 2.19. The molecule has 0 radical (unpaired) electrons. The quantitative estimate of drug-likeness (QED) is 0.661. The van der Waals surface area contributed by atoms with Gasteiger partial charge in [0.1, 0.15) is 0 Å². The minimum Gasteiger partial charge on any atom is -0.384 e. The number of rotatable bonds is 7. The number of hydrogen-bond donors (Lipinski definition) is 0. The summed E-state index contributed by atoms with van der Waals surface area (Å²) in [6, 6.07) is 4.02. The van der Waals surface area contributed by atoms with Crippen LogP contribution in [-0.4, -0.2) is 32.4 Å². The molecule has 0 saturated heterocycles. The zero-order valence-corrected chi connectivity index (χ0v) is 9.98. The van der Waals surface area contributed by atoms with Crippen LogP contribution in [0.5, 0.6) is 0 Å². The van der Waals surface area contributed by atoms with Crippen LogP contribution in [-0.2, 0) is 15.9 Å². The molecule has 1 aromatic rings. The number of nitrogens with zero attached hydrogens (tertiary/aromatic N) is 1. The van der Waals surface area contributed by atoms with E-state index in [1.54, 1.807) is 20.4 Å². The van der Waals surface area contributed by atoms with Crippen LogP contribution < -0.4 is 0 Å². The van der Waals surface area contributed by atoms with Gasteiger partial charge in [0, 0.05) is 26.3 Å². The Bertz CT molecular complexity index is 319. The van der Waals surface area contributed by atoms with Crippen LogP contribution >= 0.6 is 0 Å². The minimum absolute atomic E-state index is 0.186. The largest absolute Gasteiger partial charge is 0.384 e. The smallest absolute Gasteiger partial charge is 0.0568 e. The molecule has 16 heavy (non-hydrogen) atoms. The zero-order chi connectivity index (χ0) is 11.8. The van der Waals surface area contributed by atoms with Crippen LogP contribution in [0.3, 0.4) is 0 Å². The average Bonchev–Trinajstić information content (AvgIpc) is 2.30. The van der Waals surface area contributed by atoms with Crippen molar-refractivity contribution >= 4 is 0 Å². The van der Waals surface area contributed by atoms with Gasteiger partial charge in [-0.25, -0.2) is 0 Å². The molecule has 3 nitrogen and oxygen atoms in total. The molecule has 0 unspecified atom stereocenters. The molecule has 0 fully saturated rings. The van der Waals surface area contributed by atoms with Gasteiger partial charge in [-0.3, -0.25) is 4.98 Å². The van der Waals surface area contributed by atoms with Crippen LogP contribution in [0.1, 0.15) is 17.2 Å². The first kappa shape index (κ1) is 12.9. The van der Waals surface area contributed by atoms with E-state index in [1.807, 2.05) is 12.1 Å². The van der Waals surface area contributed by atoms with Crippen LogP contribution in [0.4, 0.5) is 0 Å². The average molecular weight is 221 g/mol. The summed E-state index contributed by atoms with van der Waals surface area (Å²) in [5.74, 6) is 0.186. The molecule has 0 spiro atoms. The summed E-state index contributed by atoms with van der Waals surface area (Å²) in [5.41, 5.74) is 2.24. The van der Waals surface area contributed by atoms with E-state index < -0.39 is 0 Å². The Morgan fingerprint density at radius 2 is 2.06 bits per heavy atom. The lowest BCUT2D eigenvalue weighted by Gasteiger charge is -2.17. The Balaban J connectivity index is 2.92. The highest BCUT2D eigenvalue weighted by molar-refractivity contribution is 5.25. The van der Waals surface area contributed by atoms with Gasteiger partial charge < -0.3 is 9.47 Å². The second-order valence-corrected chi connectivity index (χ2v) is 3.65. The van der Waals surface area contributed by atoms with Gasteiger partial charge >= 0.3 is 0 Å². The van der Waals surface area contributed by atoms with Gasteiger partial charge in [-0.1, -0.05) is 12.1 Å². The van der Waals surface area contributed by atoms with Crippen molar-refractivity contribution in [2.24, 2.45) is 0 Å². The summed E-state index contributed by atoms with van der Waals surface area (Å²) in [7, 11) is 3.39. The number of methoxy groups -OCH3 is 2. The molecule has 0 saturated carbocycles. The molecule has 3 heteroatoms. The molecular weight excluding hydrogens is 202 g/mol. The molecule has 1 rings (SSSR count).